The number of amides is 1. The van der Waals surface area contributed by atoms with Gasteiger partial charge in [0.15, 0.2) is 5.69 Å². The van der Waals surface area contributed by atoms with E-state index in [1.807, 2.05) is 49.4 Å². The Hall–Kier alpha value is -3.61. The first-order valence-electron chi connectivity index (χ1n) is 8.97. The number of carbonyl (C=O) groups is 1. The van der Waals surface area contributed by atoms with Crippen molar-refractivity contribution in [3.63, 3.8) is 0 Å². The van der Waals surface area contributed by atoms with E-state index in [-0.39, 0.29) is 30.5 Å². The van der Waals surface area contributed by atoms with E-state index in [4.69, 9.17) is 5.73 Å². The lowest BCUT2D eigenvalue weighted by atomic mass is 10.1. The fourth-order valence-electron chi connectivity index (χ4n) is 3.02. The Morgan fingerprint density at radius 1 is 1.07 bits per heavy atom. The van der Waals surface area contributed by atoms with Crippen molar-refractivity contribution in [3.8, 4) is 0 Å². The molecule has 0 spiro atoms. The minimum atomic E-state index is -0.686. The van der Waals surface area contributed by atoms with Gasteiger partial charge >= 0.3 is 5.69 Å². The Morgan fingerprint density at radius 3 is 2.32 bits per heavy atom. The largest absolute Gasteiger partial charge is 0.383 e. The van der Waals surface area contributed by atoms with Gasteiger partial charge in [0.2, 0.25) is 0 Å². The molecule has 0 aliphatic rings. The summed E-state index contributed by atoms with van der Waals surface area (Å²) < 4.78 is 1.26. The minimum absolute atomic E-state index is 0.0244. The molecule has 28 heavy (non-hydrogen) atoms. The number of hydrogen-bond acceptors (Lipinski definition) is 4. The van der Waals surface area contributed by atoms with Gasteiger partial charge in [-0.25, -0.2) is 4.79 Å². The molecule has 1 heterocycles. The summed E-state index contributed by atoms with van der Waals surface area (Å²) in [5.74, 6) is -0.399. The van der Waals surface area contributed by atoms with Crippen LogP contribution in [0.2, 0.25) is 0 Å². The predicted molar refractivity (Wildman–Crippen MR) is 110 cm³/mol. The highest BCUT2D eigenvalue weighted by Crippen LogP contribution is 2.20. The van der Waals surface area contributed by atoms with Crippen molar-refractivity contribution in [1.82, 2.24) is 9.55 Å². The number of nitrogen functional groups attached to an aromatic ring is 1. The van der Waals surface area contributed by atoms with E-state index in [1.165, 1.54) is 9.47 Å². The van der Waals surface area contributed by atoms with Crippen LogP contribution in [-0.4, -0.2) is 22.0 Å². The van der Waals surface area contributed by atoms with Crippen LogP contribution in [0.15, 0.2) is 64.2 Å². The third-order valence-corrected chi connectivity index (χ3v) is 4.53. The summed E-state index contributed by atoms with van der Waals surface area (Å²) >= 11 is 0. The third kappa shape index (κ3) is 3.73. The molecule has 0 radical (unpaired) electrons. The first-order valence-corrected chi connectivity index (χ1v) is 8.97. The van der Waals surface area contributed by atoms with Crippen LogP contribution >= 0.6 is 0 Å². The average molecular weight is 378 g/mol. The van der Waals surface area contributed by atoms with E-state index in [0.717, 1.165) is 11.1 Å². The zero-order chi connectivity index (χ0) is 20.3. The molecular weight excluding hydrogens is 356 g/mol. The molecule has 1 aromatic heterocycles. The number of nitrogens with two attached hydrogens (primary N) is 1. The summed E-state index contributed by atoms with van der Waals surface area (Å²) in [5.41, 5.74) is 7.18. The van der Waals surface area contributed by atoms with Crippen LogP contribution in [0.4, 0.5) is 11.5 Å². The van der Waals surface area contributed by atoms with Crippen molar-refractivity contribution in [3.05, 3.63) is 92.1 Å². The molecule has 7 nitrogen and oxygen atoms in total. The normalized spacial score (nSPS) is 10.6. The van der Waals surface area contributed by atoms with Crippen molar-refractivity contribution in [1.29, 1.82) is 0 Å². The van der Waals surface area contributed by atoms with Crippen molar-refractivity contribution >= 4 is 17.4 Å². The third-order valence-electron chi connectivity index (χ3n) is 4.53. The predicted octanol–water partition coefficient (Wildman–Crippen LogP) is 2.14. The number of hydrogen-bond donors (Lipinski definition) is 2. The van der Waals surface area contributed by atoms with E-state index in [2.05, 4.69) is 4.98 Å². The number of nitrogens with one attached hydrogen (secondary N) is 1. The molecule has 0 aliphatic carbocycles. The summed E-state index contributed by atoms with van der Waals surface area (Å²) in [6, 6.07) is 16.3. The second-order valence-corrected chi connectivity index (χ2v) is 6.48. The molecule has 3 N–H and O–H groups in total. The smallest absolute Gasteiger partial charge is 0.330 e. The molecule has 0 aliphatic heterocycles. The monoisotopic (exact) mass is 378 g/mol. The van der Waals surface area contributed by atoms with Crippen LogP contribution in [0.5, 0.6) is 0 Å². The average Bonchev–Trinajstić information content (AvgIpc) is 2.69. The van der Waals surface area contributed by atoms with Crippen LogP contribution in [0.3, 0.4) is 0 Å². The SMILES string of the molecule is CCN(C(=O)c1ccc(C)cc1)c1c(N)n(Cc2ccccc2)c(=O)[nH]c1=O. The molecule has 0 bridgehead atoms. The van der Waals surface area contributed by atoms with Gasteiger partial charge in [0.05, 0.1) is 6.54 Å². The van der Waals surface area contributed by atoms with Crippen molar-refractivity contribution in [2.24, 2.45) is 0 Å². The number of carbonyl (C=O) groups excluding carboxylic acids is 1. The Morgan fingerprint density at radius 2 is 1.71 bits per heavy atom. The molecule has 144 valence electrons. The molecule has 3 rings (SSSR count). The second kappa shape index (κ2) is 7.96. The lowest BCUT2D eigenvalue weighted by Gasteiger charge is -2.23. The Labute approximate surface area is 162 Å². The van der Waals surface area contributed by atoms with Gasteiger partial charge in [-0.15, -0.1) is 0 Å². The molecule has 0 saturated carbocycles. The highest BCUT2D eigenvalue weighted by molar-refractivity contribution is 6.07. The number of H-pyrrole nitrogens is 1. The highest BCUT2D eigenvalue weighted by atomic mass is 16.2. The lowest BCUT2D eigenvalue weighted by Crippen LogP contribution is -2.41. The van der Waals surface area contributed by atoms with Gasteiger partial charge in [0, 0.05) is 12.1 Å². The van der Waals surface area contributed by atoms with Gasteiger partial charge in [-0.2, -0.15) is 0 Å². The van der Waals surface area contributed by atoms with E-state index in [0.29, 0.717) is 5.56 Å². The van der Waals surface area contributed by atoms with Gasteiger partial charge in [0.25, 0.3) is 11.5 Å². The van der Waals surface area contributed by atoms with E-state index >= 15 is 0 Å². The molecule has 2 aromatic carbocycles. The number of anilines is 2. The fourth-order valence-corrected chi connectivity index (χ4v) is 3.02. The van der Waals surface area contributed by atoms with Crippen LogP contribution in [0.1, 0.15) is 28.4 Å². The molecule has 7 heteroatoms. The van der Waals surface area contributed by atoms with Gasteiger partial charge < -0.3 is 10.6 Å². The number of nitrogens with zero attached hydrogens (tertiary/aromatic N) is 2. The Kier molecular flexibility index (Phi) is 5.44. The molecular formula is C21H22N4O3. The van der Waals surface area contributed by atoms with Gasteiger partial charge in [-0.3, -0.25) is 19.1 Å². The second-order valence-electron chi connectivity index (χ2n) is 6.48. The van der Waals surface area contributed by atoms with Crippen molar-refractivity contribution in [2.45, 2.75) is 20.4 Å². The summed E-state index contributed by atoms with van der Waals surface area (Å²) in [4.78, 5) is 41.4. The maximum Gasteiger partial charge on any atom is 0.330 e. The van der Waals surface area contributed by atoms with Crippen LogP contribution in [-0.2, 0) is 6.54 Å². The van der Waals surface area contributed by atoms with E-state index in [1.54, 1.807) is 19.1 Å². The molecule has 0 fully saturated rings. The first kappa shape index (κ1) is 19.2. The van der Waals surface area contributed by atoms with Gasteiger partial charge in [-0.1, -0.05) is 48.0 Å². The number of rotatable bonds is 5. The van der Waals surface area contributed by atoms with Crippen molar-refractivity contribution < 1.29 is 4.79 Å². The summed E-state index contributed by atoms with van der Waals surface area (Å²) in [6.07, 6.45) is 0. The molecule has 0 saturated heterocycles. The number of aromatic amines is 1. The topological polar surface area (TPSA) is 101 Å². The minimum Gasteiger partial charge on any atom is -0.383 e. The maximum absolute atomic E-state index is 13.0. The zero-order valence-corrected chi connectivity index (χ0v) is 15.8. The van der Waals surface area contributed by atoms with E-state index in [9.17, 15) is 14.4 Å². The Balaban J connectivity index is 2.07. The van der Waals surface area contributed by atoms with Crippen molar-refractivity contribution in [2.75, 3.05) is 17.2 Å². The summed E-state index contributed by atoms with van der Waals surface area (Å²) in [7, 11) is 0. The molecule has 0 unspecified atom stereocenters. The summed E-state index contributed by atoms with van der Waals surface area (Å²) in [5, 5.41) is 0. The number of aryl methyl sites for hydroxylation is 1. The lowest BCUT2D eigenvalue weighted by molar-refractivity contribution is 0.0988. The van der Waals surface area contributed by atoms with Crippen LogP contribution < -0.4 is 21.9 Å². The standard InChI is InChI=1S/C21H22N4O3/c1-3-24(20(27)16-11-9-14(2)10-12-16)17-18(22)25(21(28)23-19(17)26)13-15-7-5-4-6-8-15/h4-12H,3,13,22H2,1-2H3,(H,23,26,28). The summed E-state index contributed by atoms with van der Waals surface area (Å²) in [6.45, 7) is 4.08. The fraction of sp³-hybridized carbons (Fsp3) is 0.190. The quantitative estimate of drug-likeness (QED) is 0.710. The zero-order valence-electron chi connectivity index (χ0n) is 15.8. The van der Waals surface area contributed by atoms with Gasteiger partial charge in [-0.05, 0) is 31.5 Å². The number of benzene rings is 2. The molecule has 1 amide bonds. The van der Waals surface area contributed by atoms with Crippen LogP contribution in [0, 0.1) is 6.92 Å². The molecule has 3 aromatic rings. The maximum atomic E-state index is 13.0. The highest BCUT2D eigenvalue weighted by Gasteiger charge is 2.24. The first-order chi connectivity index (χ1) is 13.4. The van der Waals surface area contributed by atoms with Crippen LogP contribution in [0.25, 0.3) is 0 Å². The van der Waals surface area contributed by atoms with Gasteiger partial charge in [0.1, 0.15) is 5.82 Å². The molecule has 0 atom stereocenters. The number of aromatic nitrogens is 2. The van der Waals surface area contributed by atoms with E-state index < -0.39 is 11.2 Å². The Bertz CT molecular complexity index is 1100.